The molecule has 7 nitrogen and oxygen atoms in total. The minimum atomic E-state index is -4.53. The van der Waals surface area contributed by atoms with E-state index in [4.69, 9.17) is 9.47 Å². The van der Waals surface area contributed by atoms with E-state index in [0.29, 0.717) is 48.0 Å². The maximum absolute atomic E-state index is 15.0. The first kappa shape index (κ1) is 37.3. The number of alkyl halides is 3. The summed E-state index contributed by atoms with van der Waals surface area (Å²) in [7, 11) is 0. The summed E-state index contributed by atoms with van der Waals surface area (Å²) < 4.78 is 69.6. The van der Waals surface area contributed by atoms with Crippen LogP contribution in [-0.2, 0) is 9.53 Å². The number of carbonyl (C=O) groups excluding carboxylic acids is 1. The number of ether oxygens (including phenoxy) is 2. The van der Waals surface area contributed by atoms with E-state index < -0.39 is 18.4 Å². The highest BCUT2D eigenvalue weighted by Gasteiger charge is 2.43. The molecule has 11 heteroatoms. The van der Waals surface area contributed by atoms with Gasteiger partial charge in [0.2, 0.25) is 11.8 Å². The fraction of sp³-hybridized carbons (Fsp3) is 0.415. The number of amides is 1. The van der Waals surface area contributed by atoms with E-state index in [1.54, 1.807) is 60.7 Å². The Hall–Kier alpha value is -4.48. The highest BCUT2D eigenvalue weighted by atomic mass is 19.4. The van der Waals surface area contributed by atoms with Gasteiger partial charge in [0.1, 0.15) is 18.7 Å². The lowest BCUT2D eigenvalue weighted by atomic mass is 9.87. The Morgan fingerprint density at radius 2 is 1.77 bits per heavy atom. The number of hydrogen-bond acceptors (Lipinski definition) is 6. The fourth-order valence-corrected chi connectivity index (χ4v) is 6.77. The average Bonchev–Trinajstić information content (AvgIpc) is 3.93. The van der Waals surface area contributed by atoms with Crippen LogP contribution in [0.25, 0.3) is 17.0 Å². The zero-order chi connectivity index (χ0) is 36.6. The maximum Gasteiger partial charge on any atom is 0.393 e. The number of rotatable bonds is 14. The van der Waals surface area contributed by atoms with Crippen LogP contribution in [0.4, 0.5) is 23.2 Å². The van der Waals surface area contributed by atoms with E-state index in [9.17, 15) is 18.0 Å². The summed E-state index contributed by atoms with van der Waals surface area (Å²) in [5, 5.41) is 6.71. The van der Waals surface area contributed by atoms with Gasteiger partial charge in [-0.2, -0.15) is 13.2 Å². The minimum absolute atomic E-state index is 0.0308. The van der Waals surface area contributed by atoms with Crippen LogP contribution < -0.4 is 15.4 Å². The van der Waals surface area contributed by atoms with E-state index >= 15 is 4.39 Å². The van der Waals surface area contributed by atoms with E-state index in [1.165, 1.54) is 18.7 Å². The van der Waals surface area contributed by atoms with Gasteiger partial charge in [0.15, 0.2) is 0 Å². The van der Waals surface area contributed by atoms with Crippen molar-refractivity contribution in [2.24, 2.45) is 0 Å². The molecule has 6 rings (SSSR count). The third-order valence-electron chi connectivity index (χ3n) is 9.80. The van der Waals surface area contributed by atoms with Gasteiger partial charge >= 0.3 is 6.18 Å². The number of aromatic nitrogens is 1. The Kier molecular flexibility index (Phi) is 12.1. The highest BCUT2D eigenvalue weighted by Crippen LogP contribution is 2.41. The van der Waals surface area contributed by atoms with Crippen molar-refractivity contribution in [1.29, 1.82) is 0 Å². The number of pyridine rings is 1. The molecular formula is C41H46F4N4O3. The maximum atomic E-state index is 15.0. The summed E-state index contributed by atoms with van der Waals surface area (Å²) in [4.78, 5) is 18.8. The van der Waals surface area contributed by atoms with E-state index in [1.807, 2.05) is 11.0 Å². The summed E-state index contributed by atoms with van der Waals surface area (Å²) in [5.41, 5.74) is 1.86. The number of nitrogens with zero attached hydrogens (tertiary/aromatic N) is 2. The zero-order valence-corrected chi connectivity index (χ0v) is 29.3. The molecule has 1 unspecified atom stereocenters. The molecule has 0 spiro atoms. The Morgan fingerprint density at radius 3 is 2.42 bits per heavy atom. The molecule has 1 saturated carbocycles. The number of nitrogens with one attached hydrogen (secondary N) is 2. The first-order chi connectivity index (χ1) is 25.1. The quantitative estimate of drug-likeness (QED) is 0.0986. The third-order valence-corrected chi connectivity index (χ3v) is 9.80. The standard InChI is InChI=1S/C41H46F4N4O3/c1-29(42)33-25-31(15-17-35(33)48-37-13-6-9-24-51-37)39(34(26-41(43,44)45)30-11-4-2-5-12-30)32-16-18-36(46-27-32)52-28-40(19-20-40)47-21-10-14-38(50)49-22-7-3-8-23-49/h2,4-5,10-12,14-18,25,27,37,47-48H,1,3,6-9,13,19-24,26,28H2/b14-10+,39-34-. The SMILES string of the molecule is C=C(F)c1cc(/C(=C(\CC(F)(F)F)c2ccccc2)c2ccc(OCC3(NC/C=C/C(=O)N4CCCCC4)CC3)nc2)ccc1NC1CCCCO1. The number of carbonyl (C=O) groups is 1. The van der Waals surface area contributed by atoms with Gasteiger partial charge in [-0.05, 0) is 91.8 Å². The summed E-state index contributed by atoms with van der Waals surface area (Å²) in [6.45, 7) is 6.61. The fourth-order valence-electron chi connectivity index (χ4n) is 6.77. The number of allylic oxidation sites excluding steroid dienone is 1. The molecule has 1 aliphatic carbocycles. The number of hydrogen-bond donors (Lipinski definition) is 2. The Morgan fingerprint density at radius 1 is 1.00 bits per heavy atom. The van der Waals surface area contributed by atoms with E-state index in [2.05, 4.69) is 22.2 Å². The van der Waals surface area contributed by atoms with Gasteiger partial charge < -0.3 is 25.0 Å². The van der Waals surface area contributed by atoms with Crippen LogP contribution in [0.5, 0.6) is 5.88 Å². The molecule has 52 heavy (non-hydrogen) atoms. The van der Waals surface area contributed by atoms with Crippen molar-refractivity contribution in [2.75, 3.05) is 38.2 Å². The molecule has 2 aliphatic heterocycles. The van der Waals surface area contributed by atoms with Crippen molar-refractivity contribution in [3.05, 3.63) is 108 Å². The molecule has 3 fully saturated rings. The molecule has 2 saturated heterocycles. The first-order valence-corrected chi connectivity index (χ1v) is 18.1. The first-order valence-electron chi connectivity index (χ1n) is 18.1. The third kappa shape index (κ3) is 10.1. The molecule has 0 radical (unpaired) electrons. The van der Waals surface area contributed by atoms with Gasteiger partial charge in [-0.1, -0.05) is 49.1 Å². The second-order valence-corrected chi connectivity index (χ2v) is 13.8. The second-order valence-electron chi connectivity index (χ2n) is 13.8. The Bertz CT molecular complexity index is 1740. The largest absolute Gasteiger partial charge is 0.476 e. The van der Waals surface area contributed by atoms with Crippen LogP contribution in [0.2, 0.25) is 0 Å². The monoisotopic (exact) mass is 718 g/mol. The summed E-state index contributed by atoms with van der Waals surface area (Å²) in [6.07, 6.45) is 6.68. The van der Waals surface area contributed by atoms with Crippen LogP contribution in [0.15, 0.2) is 85.6 Å². The summed E-state index contributed by atoms with van der Waals surface area (Å²) in [5.74, 6) is -0.349. The number of piperidine rings is 1. The average molecular weight is 719 g/mol. The predicted molar refractivity (Wildman–Crippen MR) is 196 cm³/mol. The second kappa shape index (κ2) is 16.9. The molecule has 3 aromatic rings. The normalized spacial score (nSPS) is 19.2. The molecule has 3 heterocycles. The van der Waals surface area contributed by atoms with Crippen molar-refractivity contribution >= 4 is 28.6 Å². The van der Waals surface area contributed by atoms with Crippen LogP contribution >= 0.6 is 0 Å². The van der Waals surface area contributed by atoms with Crippen molar-refractivity contribution in [3.8, 4) is 5.88 Å². The molecule has 3 aliphatic rings. The molecule has 0 bridgehead atoms. The summed E-state index contributed by atoms with van der Waals surface area (Å²) in [6, 6.07) is 16.6. The Balaban J connectivity index is 1.23. The number of halogens is 4. The van der Waals surface area contributed by atoms with Crippen molar-refractivity contribution in [3.63, 3.8) is 0 Å². The number of likely N-dealkylation sites (tertiary alicyclic amines) is 1. The number of benzene rings is 2. The van der Waals surface area contributed by atoms with Gasteiger partial charge in [0, 0.05) is 61.4 Å². The van der Waals surface area contributed by atoms with Crippen LogP contribution in [0, 0.1) is 0 Å². The molecule has 1 aromatic heterocycles. The predicted octanol–water partition coefficient (Wildman–Crippen LogP) is 8.94. The summed E-state index contributed by atoms with van der Waals surface area (Å²) >= 11 is 0. The van der Waals surface area contributed by atoms with Crippen molar-refractivity contribution in [2.45, 2.75) is 75.7 Å². The zero-order valence-electron chi connectivity index (χ0n) is 29.3. The molecule has 2 aromatic carbocycles. The van der Waals surface area contributed by atoms with Crippen molar-refractivity contribution < 1.29 is 31.8 Å². The van der Waals surface area contributed by atoms with Gasteiger partial charge in [-0.3, -0.25) is 4.79 Å². The van der Waals surface area contributed by atoms with Crippen LogP contribution in [0.3, 0.4) is 0 Å². The van der Waals surface area contributed by atoms with E-state index in [-0.39, 0.29) is 34.4 Å². The lowest BCUT2D eigenvalue weighted by Gasteiger charge is -2.26. The van der Waals surface area contributed by atoms with Crippen molar-refractivity contribution in [1.82, 2.24) is 15.2 Å². The van der Waals surface area contributed by atoms with Gasteiger partial charge in [-0.15, -0.1) is 0 Å². The number of anilines is 1. The molecule has 2 N–H and O–H groups in total. The highest BCUT2D eigenvalue weighted by molar-refractivity contribution is 5.99. The smallest absolute Gasteiger partial charge is 0.393 e. The van der Waals surface area contributed by atoms with Gasteiger partial charge in [0.05, 0.1) is 12.0 Å². The molecule has 1 atom stereocenters. The van der Waals surface area contributed by atoms with Crippen LogP contribution in [0.1, 0.15) is 80.0 Å². The lowest BCUT2D eigenvalue weighted by molar-refractivity contribution is -0.127. The Labute approximate surface area is 302 Å². The minimum Gasteiger partial charge on any atom is -0.476 e. The molecule has 276 valence electrons. The molecule has 1 amide bonds. The van der Waals surface area contributed by atoms with Crippen LogP contribution in [-0.4, -0.2) is 66.6 Å². The van der Waals surface area contributed by atoms with Gasteiger partial charge in [-0.25, -0.2) is 9.37 Å². The van der Waals surface area contributed by atoms with E-state index in [0.717, 1.165) is 58.0 Å². The topological polar surface area (TPSA) is 75.7 Å². The lowest BCUT2D eigenvalue weighted by Crippen LogP contribution is -2.37. The molecular weight excluding hydrogens is 672 g/mol. The van der Waals surface area contributed by atoms with Gasteiger partial charge in [0.25, 0.3) is 0 Å².